The SMILES string of the molecule is [CH2-]C#CSCC.[Li+]. The Hall–Kier alpha value is 0.377. The Bertz CT molecular complexity index is 69.9. The molecule has 7 heavy (non-hydrogen) atoms. The minimum absolute atomic E-state index is 0. The van der Waals surface area contributed by atoms with E-state index in [1.54, 1.807) is 11.8 Å². The molecule has 0 aliphatic rings. The van der Waals surface area contributed by atoms with E-state index in [4.69, 9.17) is 0 Å². The summed E-state index contributed by atoms with van der Waals surface area (Å²) >= 11 is 1.58. The fraction of sp³-hybridized carbons (Fsp3) is 0.400. The second-order valence-electron chi connectivity index (χ2n) is 0.712. The third kappa shape index (κ3) is 10.7. The van der Waals surface area contributed by atoms with Gasteiger partial charge in [0.15, 0.2) is 0 Å². The number of rotatable bonds is 1. The molecular weight excluding hydrogens is 99.1 g/mol. The van der Waals surface area contributed by atoms with Crippen LogP contribution in [0.5, 0.6) is 0 Å². The predicted molar refractivity (Wildman–Crippen MR) is 31.3 cm³/mol. The van der Waals surface area contributed by atoms with Crippen LogP contribution in [0.1, 0.15) is 6.92 Å². The predicted octanol–water partition coefficient (Wildman–Crippen LogP) is -1.46. The van der Waals surface area contributed by atoms with Crippen molar-refractivity contribution in [2.24, 2.45) is 0 Å². The summed E-state index contributed by atoms with van der Waals surface area (Å²) in [4.78, 5) is 0. The third-order valence-corrected chi connectivity index (χ3v) is 0.866. The second-order valence-corrected chi connectivity index (χ2v) is 1.78. The molecule has 34 valence electrons. The van der Waals surface area contributed by atoms with Crippen molar-refractivity contribution >= 4 is 11.8 Å². The Kier molecular flexibility index (Phi) is 14.3. The molecule has 0 amide bonds. The molecule has 0 atom stereocenters. The summed E-state index contributed by atoms with van der Waals surface area (Å²) in [6.45, 7) is 5.41. The van der Waals surface area contributed by atoms with E-state index in [0.717, 1.165) is 5.75 Å². The zero-order valence-electron chi connectivity index (χ0n) is 4.82. The monoisotopic (exact) mass is 106 g/mol. The first-order valence-corrected chi connectivity index (χ1v) is 2.79. The fourth-order valence-corrected chi connectivity index (χ4v) is 0.370. The smallest absolute Gasteiger partial charge is 0.286 e. The summed E-state index contributed by atoms with van der Waals surface area (Å²) in [7, 11) is 0. The quantitative estimate of drug-likeness (QED) is 0.223. The van der Waals surface area contributed by atoms with Gasteiger partial charge in [-0.15, -0.1) is 0 Å². The molecule has 0 aromatic rings. The van der Waals surface area contributed by atoms with E-state index in [2.05, 4.69) is 25.0 Å². The van der Waals surface area contributed by atoms with Crippen LogP contribution in [-0.2, 0) is 0 Å². The summed E-state index contributed by atoms with van der Waals surface area (Å²) < 4.78 is 0. The third-order valence-electron chi connectivity index (χ3n) is 0.289. The van der Waals surface area contributed by atoms with Crippen molar-refractivity contribution in [1.29, 1.82) is 0 Å². The summed E-state index contributed by atoms with van der Waals surface area (Å²) in [5.74, 6) is 3.59. The van der Waals surface area contributed by atoms with Gasteiger partial charge in [0.25, 0.3) is 0 Å². The van der Waals surface area contributed by atoms with Crippen molar-refractivity contribution < 1.29 is 18.9 Å². The minimum Gasteiger partial charge on any atom is -0.286 e. The van der Waals surface area contributed by atoms with Gasteiger partial charge >= 0.3 is 18.9 Å². The minimum atomic E-state index is 0. The van der Waals surface area contributed by atoms with Gasteiger partial charge in [-0.05, 0) is 5.75 Å². The van der Waals surface area contributed by atoms with Crippen molar-refractivity contribution in [3.8, 4) is 11.2 Å². The summed E-state index contributed by atoms with van der Waals surface area (Å²) in [5.41, 5.74) is 0. The molecule has 0 rings (SSSR count). The standard InChI is InChI=1S/C5H7S.Li/c1-3-5-6-4-2;/h1,4H2,2H3;/q-1;+1. The van der Waals surface area contributed by atoms with E-state index >= 15 is 0 Å². The summed E-state index contributed by atoms with van der Waals surface area (Å²) in [6.07, 6.45) is 0. The Labute approximate surface area is 61.6 Å². The number of hydrogen-bond acceptors (Lipinski definition) is 1. The maximum absolute atomic E-state index is 3.34. The fourth-order valence-electron chi connectivity index (χ4n) is 0.123. The van der Waals surface area contributed by atoms with Crippen LogP contribution in [-0.4, -0.2) is 5.75 Å². The van der Waals surface area contributed by atoms with Crippen molar-refractivity contribution in [2.75, 3.05) is 5.75 Å². The van der Waals surface area contributed by atoms with Gasteiger partial charge in [0.2, 0.25) is 0 Å². The van der Waals surface area contributed by atoms with Gasteiger partial charge in [0.05, 0.1) is 0 Å². The normalized spacial score (nSPS) is 5.29. The first kappa shape index (κ1) is 10.4. The van der Waals surface area contributed by atoms with E-state index in [1.165, 1.54) is 0 Å². The molecule has 0 fully saturated rings. The van der Waals surface area contributed by atoms with Gasteiger partial charge < -0.3 is 0 Å². The van der Waals surface area contributed by atoms with Gasteiger partial charge in [0, 0.05) is 0 Å². The molecule has 0 unspecified atom stereocenters. The van der Waals surface area contributed by atoms with Crippen molar-refractivity contribution in [3.63, 3.8) is 0 Å². The van der Waals surface area contributed by atoms with Crippen molar-refractivity contribution in [3.05, 3.63) is 6.92 Å². The van der Waals surface area contributed by atoms with Gasteiger partial charge in [0.1, 0.15) is 0 Å². The Morgan fingerprint density at radius 3 is 2.43 bits per heavy atom. The first-order chi connectivity index (χ1) is 2.91. The zero-order chi connectivity index (χ0) is 4.83. The summed E-state index contributed by atoms with van der Waals surface area (Å²) in [5, 5.41) is 2.75. The molecule has 0 nitrogen and oxygen atoms in total. The molecular formula is C5H7LiS. The van der Waals surface area contributed by atoms with Crippen molar-refractivity contribution in [2.45, 2.75) is 6.92 Å². The molecule has 0 aliphatic carbocycles. The van der Waals surface area contributed by atoms with Crippen LogP contribution in [0.3, 0.4) is 0 Å². The molecule has 0 aromatic carbocycles. The zero-order valence-corrected chi connectivity index (χ0v) is 5.64. The molecule has 0 heterocycles. The van der Waals surface area contributed by atoms with E-state index in [0.29, 0.717) is 0 Å². The average molecular weight is 106 g/mol. The van der Waals surface area contributed by atoms with Gasteiger partial charge in [-0.25, -0.2) is 0 Å². The molecule has 0 aromatic heterocycles. The van der Waals surface area contributed by atoms with E-state index in [-0.39, 0.29) is 18.9 Å². The Morgan fingerprint density at radius 2 is 2.29 bits per heavy atom. The first-order valence-electron chi connectivity index (χ1n) is 1.80. The number of thioether (sulfide) groups is 1. The van der Waals surface area contributed by atoms with Gasteiger partial charge in [-0.2, -0.15) is 18.7 Å². The van der Waals surface area contributed by atoms with Crippen LogP contribution in [0, 0.1) is 18.1 Å². The van der Waals surface area contributed by atoms with Gasteiger partial charge in [-0.1, -0.05) is 6.92 Å². The molecule has 2 heteroatoms. The van der Waals surface area contributed by atoms with E-state index in [9.17, 15) is 0 Å². The number of hydrogen-bond donors (Lipinski definition) is 0. The van der Waals surface area contributed by atoms with Crippen molar-refractivity contribution in [1.82, 2.24) is 0 Å². The molecule has 0 bridgehead atoms. The maximum atomic E-state index is 3.34. The van der Waals surface area contributed by atoms with Crippen LogP contribution < -0.4 is 18.9 Å². The topological polar surface area (TPSA) is 0 Å². The largest absolute Gasteiger partial charge is 1.00 e. The molecule has 0 saturated carbocycles. The van der Waals surface area contributed by atoms with E-state index < -0.39 is 0 Å². The molecule has 0 aliphatic heterocycles. The Morgan fingerprint density at radius 1 is 1.71 bits per heavy atom. The molecule has 0 radical (unpaired) electrons. The van der Waals surface area contributed by atoms with Crippen LogP contribution in [0.4, 0.5) is 0 Å². The van der Waals surface area contributed by atoms with E-state index in [1.807, 2.05) is 0 Å². The van der Waals surface area contributed by atoms with Crippen LogP contribution in [0.25, 0.3) is 0 Å². The molecule has 0 spiro atoms. The molecule has 0 saturated heterocycles. The summed E-state index contributed by atoms with van der Waals surface area (Å²) in [6, 6.07) is 0. The van der Waals surface area contributed by atoms with Crippen LogP contribution >= 0.6 is 11.8 Å². The van der Waals surface area contributed by atoms with Gasteiger partial charge in [-0.3, -0.25) is 11.2 Å². The Balaban J connectivity index is 0. The molecule has 0 N–H and O–H groups in total. The van der Waals surface area contributed by atoms with Crippen LogP contribution in [0.2, 0.25) is 0 Å². The van der Waals surface area contributed by atoms with Crippen LogP contribution in [0.15, 0.2) is 0 Å². The second kappa shape index (κ2) is 9.62. The maximum Gasteiger partial charge on any atom is 1.00 e. The average Bonchev–Trinajstić information content (AvgIpc) is 1.61.